The fourth-order valence-electron chi connectivity index (χ4n) is 3.70. The highest BCUT2D eigenvalue weighted by molar-refractivity contribution is 5.66. The Hall–Kier alpha value is -1.53. The number of aliphatic carboxylic acids is 1. The smallest absolute Gasteiger partial charge is 0.303 e. The van der Waals surface area contributed by atoms with E-state index in [0.717, 1.165) is 31.6 Å². The number of hydrogen-bond donors (Lipinski definition) is 1. The van der Waals surface area contributed by atoms with E-state index in [2.05, 4.69) is 49.6 Å². The summed E-state index contributed by atoms with van der Waals surface area (Å²) in [4.78, 5) is 10.5. The van der Waals surface area contributed by atoms with Crippen molar-refractivity contribution in [1.82, 2.24) is 0 Å². The summed E-state index contributed by atoms with van der Waals surface area (Å²) in [5.41, 5.74) is 2.96. The molecule has 0 aliphatic heterocycles. The van der Waals surface area contributed by atoms with Crippen LogP contribution in [0.15, 0.2) is 42.7 Å². The zero-order chi connectivity index (χ0) is 18.3. The molecular weight excluding hydrogens is 308 g/mol. The molecule has 0 amide bonds. The Bertz CT molecular complexity index is 468. The molecule has 0 heterocycles. The first-order valence-electron chi connectivity index (χ1n) is 10.1. The molecule has 0 spiro atoms. The van der Waals surface area contributed by atoms with Crippen LogP contribution < -0.4 is 0 Å². The molecule has 1 aliphatic carbocycles. The standard InChI is InChI=1S/C23H36O2/c1-3-5-13-20(12-4-2)14-10-16-22-18-11-17-21(22)15-8-6-7-9-19-23(24)25/h6,8,10,12,16,20-22H,2-3,5,7,9,11,13-15,17-19H2,1H3,(H,24,25)/t20?,21-,22-/m0/s1. The van der Waals surface area contributed by atoms with E-state index in [1.807, 2.05) is 0 Å². The van der Waals surface area contributed by atoms with Crippen molar-refractivity contribution < 1.29 is 9.90 Å². The third-order valence-electron chi connectivity index (χ3n) is 5.19. The summed E-state index contributed by atoms with van der Waals surface area (Å²) in [6, 6.07) is 0. The molecule has 0 aromatic carbocycles. The molecule has 1 N–H and O–H groups in total. The van der Waals surface area contributed by atoms with Gasteiger partial charge < -0.3 is 5.11 Å². The van der Waals surface area contributed by atoms with Crippen LogP contribution in [-0.2, 0) is 4.79 Å². The summed E-state index contributed by atoms with van der Waals surface area (Å²) in [6.07, 6.45) is 23.3. The normalized spacial score (nSPS) is 21.6. The fraction of sp³-hybridized carbons (Fsp3) is 0.652. The summed E-state index contributed by atoms with van der Waals surface area (Å²) >= 11 is 0. The largest absolute Gasteiger partial charge is 0.481 e. The Morgan fingerprint density at radius 3 is 2.84 bits per heavy atom. The Balaban J connectivity index is 2.34. The van der Waals surface area contributed by atoms with Gasteiger partial charge >= 0.3 is 5.97 Å². The average molecular weight is 345 g/mol. The molecule has 1 saturated carbocycles. The summed E-state index contributed by atoms with van der Waals surface area (Å²) in [6.45, 7) is 5.96. The Labute approximate surface area is 154 Å². The van der Waals surface area contributed by atoms with Crippen LogP contribution in [0.5, 0.6) is 0 Å². The van der Waals surface area contributed by atoms with Crippen LogP contribution in [0, 0.1) is 17.8 Å². The third-order valence-corrected chi connectivity index (χ3v) is 5.19. The van der Waals surface area contributed by atoms with Crippen LogP contribution in [0.4, 0.5) is 0 Å². The van der Waals surface area contributed by atoms with Crippen molar-refractivity contribution in [2.24, 2.45) is 17.8 Å². The van der Waals surface area contributed by atoms with Gasteiger partial charge in [0.1, 0.15) is 0 Å². The first kappa shape index (κ1) is 21.5. The maximum absolute atomic E-state index is 10.5. The van der Waals surface area contributed by atoms with Crippen LogP contribution in [0.3, 0.4) is 0 Å². The monoisotopic (exact) mass is 344 g/mol. The summed E-state index contributed by atoms with van der Waals surface area (Å²) in [5.74, 6) is 1.36. The zero-order valence-electron chi connectivity index (χ0n) is 16.0. The Morgan fingerprint density at radius 2 is 2.12 bits per heavy atom. The van der Waals surface area contributed by atoms with Gasteiger partial charge in [0.25, 0.3) is 0 Å². The van der Waals surface area contributed by atoms with Gasteiger partial charge in [0.2, 0.25) is 0 Å². The SMILES string of the molecule is C=C=CC(CC=C[C@H]1CCC[C@@H]1CC=CCCCC(=O)O)CCCC. The average Bonchev–Trinajstić information content (AvgIpc) is 3.03. The van der Waals surface area contributed by atoms with Gasteiger partial charge in [-0.2, -0.15) is 0 Å². The van der Waals surface area contributed by atoms with Gasteiger partial charge in [0, 0.05) is 6.42 Å². The van der Waals surface area contributed by atoms with E-state index in [0.29, 0.717) is 11.8 Å². The fourth-order valence-corrected chi connectivity index (χ4v) is 3.70. The molecule has 0 radical (unpaired) electrons. The van der Waals surface area contributed by atoms with E-state index in [4.69, 9.17) is 5.11 Å². The molecule has 25 heavy (non-hydrogen) atoms. The van der Waals surface area contributed by atoms with Gasteiger partial charge in [-0.05, 0) is 68.8 Å². The first-order valence-corrected chi connectivity index (χ1v) is 10.1. The first-order chi connectivity index (χ1) is 12.2. The molecule has 2 nitrogen and oxygen atoms in total. The second kappa shape index (κ2) is 13.7. The molecule has 3 atom stereocenters. The van der Waals surface area contributed by atoms with E-state index < -0.39 is 5.97 Å². The molecule has 1 unspecified atom stereocenters. The summed E-state index contributed by atoms with van der Waals surface area (Å²) in [7, 11) is 0. The van der Waals surface area contributed by atoms with E-state index in [9.17, 15) is 4.79 Å². The van der Waals surface area contributed by atoms with Crippen molar-refractivity contribution in [1.29, 1.82) is 0 Å². The predicted octanol–water partition coefficient (Wildman–Crippen LogP) is 6.70. The lowest BCUT2D eigenvalue weighted by atomic mass is 9.91. The van der Waals surface area contributed by atoms with Crippen molar-refractivity contribution >= 4 is 5.97 Å². The van der Waals surface area contributed by atoms with Crippen LogP contribution in [0.2, 0.25) is 0 Å². The lowest BCUT2D eigenvalue weighted by Crippen LogP contribution is -2.04. The van der Waals surface area contributed by atoms with Gasteiger partial charge in [-0.3, -0.25) is 4.79 Å². The molecule has 0 aromatic heterocycles. The van der Waals surface area contributed by atoms with Crippen molar-refractivity contribution in [2.75, 3.05) is 0 Å². The van der Waals surface area contributed by atoms with Gasteiger partial charge in [0.15, 0.2) is 0 Å². The second-order valence-corrected chi connectivity index (χ2v) is 7.28. The van der Waals surface area contributed by atoms with E-state index in [1.54, 1.807) is 0 Å². The van der Waals surface area contributed by atoms with Crippen molar-refractivity contribution in [3.05, 3.63) is 42.7 Å². The van der Waals surface area contributed by atoms with Crippen LogP contribution in [0.25, 0.3) is 0 Å². The molecule has 1 fully saturated rings. The topological polar surface area (TPSA) is 37.3 Å². The van der Waals surface area contributed by atoms with Gasteiger partial charge in [-0.15, -0.1) is 5.73 Å². The van der Waals surface area contributed by atoms with Crippen LogP contribution in [-0.4, -0.2) is 11.1 Å². The third kappa shape index (κ3) is 10.1. The van der Waals surface area contributed by atoms with E-state index >= 15 is 0 Å². The molecular formula is C23H36O2. The lowest BCUT2D eigenvalue weighted by molar-refractivity contribution is -0.137. The number of carboxylic acid groups (broad SMARTS) is 1. The highest BCUT2D eigenvalue weighted by Crippen LogP contribution is 2.35. The number of rotatable bonds is 13. The molecule has 1 aliphatic rings. The zero-order valence-corrected chi connectivity index (χ0v) is 16.0. The maximum atomic E-state index is 10.5. The van der Waals surface area contributed by atoms with Crippen LogP contribution in [0.1, 0.15) is 77.6 Å². The highest BCUT2D eigenvalue weighted by Gasteiger charge is 2.23. The maximum Gasteiger partial charge on any atom is 0.303 e. The minimum absolute atomic E-state index is 0.275. The molecule has 140 valence electrons. The van der Waals surface area contributed by atoms with Gasteiger partial charge in [-0.1, -0.05) is 57.1 Å². The summed E-state index contributed by atoms with van der Waals surface area (Å²) in [5, 5.41) is 8.64. The second-order valence-electron chi connectivity index (χ2n) is 7.28. The number of hydrogen-bond acceptors (Lipinski definition) is 1. The van der Waals surface area contributed by atoms with Crippen molar-refractivity contribution in [2.45, 2.75) is 77.6 Å². The van der Waals surface area contributed by atoms with E-state index in [-0.39, 0.29) is 6.42 Å². The number of unbranched alkanes of at least 4 members (excludes halogenated alkanes) is 2. The molecule has 2 heteroatoms. The number of allylic oxidation sites excluding steroid dienone is 5. The van der Waals surface area contributed by atoms with Gasteiger partial charge in [-0.25, -0.2) is 0 Å². The van der Waals surface area contributed by atoms with E-state index in [1.165, 1.54) is 38.5 Å². The van der Waals surface area contributed by atoms with Crippen molar-refractivity contribution in [3.8, 4) is 0 Å². The lowest BCUT2D eigenvalue weighted by Gasteiger charge is -2.15. The molecule has 0 aromatic rings. The number of carbonyl (C=O) groups is 1. The van der Waals surface area contributed by atoms with Gasteiger partial charge in [0.05, 0.1) is 0 Å². The highest BCUT2D eigenvalue weighted by atomic mass is 16.4. The molecule has 1 rings (SSSR count). The minimum atomic E-state index is -0.696. The molecule has 0 saturated heterocycles. The predicted molar refractivity (Wildman–Crippen MR) is 107 cm³/mol. The van der Waals surface area contributed by atoms with Crippen LogP contribution >= 0.6 is 0 Å². The minimum Gasteiger partial charge on any atom is -0.481 e. The molecule has 0 bridgehead atoms. The summed E-state index contributed by atoms with van der Waals surface area (Å²) < 4.78 is 0. The quantitative estimate of drug-likeness (QED) is 0.229. The Morgan fingerprint density at radius 1 is 1.28 bits per heavy atom. The number of carboxylic acids is 1. The Kier molecular flexibility index (Phi) is 11.8. The van der Waals surface area contributed by atoms with Crippen molar-refractivity contribution in [3.63, 3.8) is 0 Å².